The average Bonchev–Trinajstić information content (AvgIpc) is 2.55. The van der Waals surface area contributed by atoms with Crippen molar-refractivity contribution in [3.63, 3.8) is 0 Å². The quantitative estimate of drug-likeness (QED) is 0.899. The molecule has 1 aromatic heterocycles. The van der Waals surface area contributed by atoms with Crippen LogP contribution in [0.4, 0.5) is 0 Å². The molecule has 2 nitrogen and oxygen atoms in total. The number of nitrogens with one attached hydrogen (secondary N) is 1. The van der Waals surface area contributed by atoms with E-state index in [0.717, 1.165) is 0 Å². The molecule has 0 saturated carbocycles. The molecule has 2 heteroatoms. The second kappa shape index (κ2) is 6.40. The molecule has 21 heavy (non-hydrogen) atoms. The van der Waals surface area contributed by atoms with E-state index in [1.165, 1.54) is 36.8 Å². The van der Waals surface area contributed by atoms with Gasteiger partial charge in [0.1, 0.15) is 0 Å². The Kier molecular flexibility index (Phi) is 4.35. The highest BCUT2D eigenvalue weighted by molar-refractivity contribution is 5.35. The third kappa shape index (κ3) is 3.33. The van der Waals surface area contributed by atoms with Crippen molar-refractivity contribution < 1.29 is 0 Å². The molecule has 2 atom stereocenters. The van der Waals surface area contributed by atoms with Gasteiger partial charge in [-0.25, -0.2) is 0 Å². The van der Waals surface area contributed by atoms with Gasteiger partial charge < -0.3 is 5.32 Å². The molecule has 0 fully saturated rings. The Labute approximate surface area is 127 Å². The molecular weight excluding hydrogens is 256 g/mol. The monoisotopic (exact) mass is 280 g/mol. The van der Waals surface area contributed by atoms with Crippen molar-refractivity contribution in [2.24, 2.45) is 0 Å². The molecular formula is C19H24N2. The number of aromatic nitrogens is 1. The van der Waals surface area contributed by atoms with Crippen LogP contribution in [0.15, 0.2) is 42.7 Å². The molecule has 0 spiro atoms. The number of hydrogen-bond acceptors (Lipinski definition) is 2. The zero-order chi connectivity index (χ0) is 14.7. The molecule has 2 aromatic rings. The summed E-state index contributed by atoms with van der Waals surface area (Å²) in [5.74, 6) is 0. The summed E-state index contributed by atoms with van der Waals surface area (Å²) in [7, 11) is 0. The maximum Gasteiger partial charge on any atom is 0.0315 e. The number of nitrogens with zero attached hydrogens (tertiary/aromatic N) is 1. The number of hydrogen-bond donors (Lipinski definition) is 1. The number of rotatable bonds is 4. The molecule has 1 aliphatic carbocycles. The van der Waals surface area contributed by atoms with Crippen molar-refractivity contribution in [1.82, 2.24) is 10.3 Å². The van der Waals surface area contributed by atoms with E-state index in [4.69, 9.17) is 0 Å². The third-order valence-corrected chi connectivity index (χ3v) is 4.56. The van der Waals surface area contributed by atoms with Gasteiger partial charge in [0.25, 0.3) is 0 Å². The first kappa shape index (κ1) is 14.3. The lowest BCUT2D eigenvalue weighted by molar-refractivity contribution is 0.493. The fourth-order valence-electron chi connectivity index (χ4n) is 3.22. The summed E-state index contributed by atoms with van der Waals surface area (Å²) in [5.41, 5.74) is 5.74. The van der Waals surface area contributed by atoms with Crippen LogP contribution in [0.2, 0.25) is 0 Å². The summed E-state index contributed by atoms with van der Waals surface area (Å²) in [4.78, 5) is 4.20. The number of fused-ring (bicyclic) bond motifs is 1. The van der Waals surface area contributed by atoms with Crippen molar-refractivity contribution in [3.05, 3.63) is 65.0 Å². The number of aryl methyl sites for hydroxylation is 2. The van der Waals surface area contributed by atoms with Crippen LogP contribution in [0, 0.1) is 0 Å². The van der Waals surface area contributed by atoms with Crippen molar-refractivity contribution in [2.45, 2.75) is 51.6 Å². The SMILES string of the molecule is CC(N[C@@H](C)c1cccnc1)c1ccc2c(c1)CCCC2. The van der Waals surface area contributed by atoms with Gasteiger partial charge in [0.15, 0.2) is 0 Å². The van der Waals surface area contributed by atoms with Crippen LogP contribution in [0.25, 0.3) is 0 Å². The summed E-state index contributed by atoms with van der Waals surface area (Å²) < 4.78 is 0. The van der Waals surface area contributed by atoms with Crippen LogP contribution < -0.4 is 5.32 Å². The van der Waals surface area contributed by atoms with E-state index < -0.39 is 0 Å². The molecule has 0 radical (unpaired) electrons. The maximum atomic E-state index is 4.20. The second-order valence-electron chi connectivity index (χ2n) is 6.13. The molecule has 1 unspecified atom stereocenters. The topological polar surface area (TPSA) is 24.9 Å². The van der Waals surface area contributed by atoms with Gasteiger partial charge >= 0.3 is 0 Å². The number of pyridine rings is 1. The first-order chi connectivity index (χ1) is 10.2. The Bertz CT molecular complexity index is 592. The van der Waals surface area contributed by atoms with Crippen LogP contribution in [0.1, 0.15) is 61.0 Å². The van der Waals surface area contributed by atoms with Gasteiger partial charge in [0, 0.05) is 24.5 Å². The molecule has 1 aliphatic rings. The molecule has 1 aromatic carbocycles. The Morgan fingerprint density at radius 3 is 2.48 bits per heavy atom. The highest BCUT2D eigenvalue weighted by Gasteiger charge is 2.14. The van der Waals surface area contributed by atoms with Gasteiger partial charge in [0.2, 0.25) is 0 Å². The van der Waals surface area contributed by atoms with Crippen LogP contribution in [0.5, 0.6) is 0 Å². The summed E-state index contributed by atoms with van der Waals surface area (Å²) in [6.45, 7) is 4.45. The van der Waals surface area contributed by atoms with Crippen molar-refractivity contribution in [3.8, 4) is 0 Å². The van der Waals surface area contributed by atoms with E-state index in [9.17, 15) is 0 Å². The van der Waals surface area contributed by atoms with Gasteiger partial charge in [-0.05, 0) is 67.9 Å². The smallest absolute Gasteiger partial charge is 0.0315 e. The Morgan fingerprint density at radius 1 is 0.952 bits per heavy atom. The minimum absolute atomic E-state index is 0.310. The highest BCUT2D eigenvalue weighted by atomic mass is 14.9. The van der Waals surface area contributed by atoms with E-state index >= 15 is 0 Å². The highest BCUT2D eigenvalue weighted by Crippen LogP contribution is 2.26. The van der Waals surface area contributed by atoms with E-state index in [1.54, 1.807) is 11.1 Å². The lowest BCUT2D eigenvalue weighted by Gasteiger charge is -2.23. The van der Waals surface area contributed by atoms with Gasteiger partial charge in [0.05, 0.1) is 0 Å². The van der Waals surface area contributed by atoms with Gasteiger partial charge in [-0.1, -0.05) is 24.3 Å². The molecule has 0 aliphatic heterocycles. The summed E-state index contributed by atoms with van der Waals surface area (Å²) in [6.07, 6.45) is 8.94. The van der Waals surface area contributed by atoms with E-state index in [2.05, 4.69) is 48.4 Å². The van der Waals surface area contributed by atoms with Gasteiger partial charge in [-0.3, -0.25) is 4.98 Å². The van der Waals surface area contributed by atoms with Crippen LogP contribution >= 0.6 is 0 Å². The lowest BCUT2D eigenvalue weighted by atomic mass is 9.89. The molecule has 0 amide bonds. The Morgan fingerprint density at radius 2 is 1.71 bits per heavy atom. The van der Waals surface area contributed by atoms with Crippen LogP contribution in [-0.2, 0) is 12.8 Å². The standard InChI is InChI=1S/C19H24N2/c1-14(21-15(2)19-8-5-11-20-13-19)17-10-9-16-6-3-4-7-18(16)12-17/h5,8-15,21H,3-4,6-7H2,1-2H3/t14?,15-/m0/s1. The predicted octanol–water partition coefficient (Wildman–Crippen LogP) is 4.37. The fourth-order valence-corrected chi connectivity index (χ4v) is 3.22. The Hall–Kier alpha value is -1.67. The van der Waals surface area contributed by atoms with Crippen LogP contribution in [-0.4, -0.2) is 4.98 Å². The lowest BCUT2D eigenvalue weighted by Crippen LogP contribution is -2.23. The van der Waals surface area contributed by atoms with E-state index in [0.29, 0.717) is 12.1 Å². The molecule has 1 N–H and O–H groups in total. The van der Waals surface area contributed by atoms with Crippen molar-refractivity contribution in [2.75, 3.05) is 0 Å². The zero-order valence-corrected chi connectivity index (χ0v) is 13.0. The van der Waals surface area contributed by atoms with Crippen molar-refractivity contribution >= 4 is 0 Å². The normalized spacial score (nSPS) is 17.0. The molecule has 0 saturated heterocycles. The first-order valence-electron chi connectivity index (χ1n) is 8.01. The maximum absolute atomic E-state index is 4.20. The molecule has 3 rings (SSSR count). The fraction of sp³-hybridized carbons (Fsp3) is 0.421. The average molecular weight is 280 g/mol. The minimum atomic E-state index is 0.310. The molecule has 0 bridgehead atoms. The van der Waals surface area contributed by atoms with Crippen molar-refractivity contribution in [1.29, 1.82) is 0 Å². The summed E-state index contributed by atoms with van der Waals surface area (Å²) >= 11 is 0. The van der Waals surface area contributed by atoms with Gasteiger partial charge in [-0.15, -0.1) is 0 Å². The largest absolute Gasteiger partial charge is 0.304 e. The van der Waals surface area contributed by atoms with Crippen LogP contribution in [0.3, 0.4) is 0 Å². The minimum Gasteiger partial charge on any atom is -0.304 e. The third-order valence-electron chi connectivity index (χ3n) is 4.56. The molecule has 1 heterocycles. The summed E-state index contributed by atoms with van der Waals surface area (Å²) in [6, 6.07) is 11.8. The van der Waals surface area contributed by atoms with Gasteiger partial charge in [-0.2, -0.15) is 0 Å². The second-order valence-corrected chi connectivity index (χ2v) is 6.13. The molecule has 110 valence electrons. The predicted molar refractivity (Wildman–Crippen MR) is 87.3 cm³/mol. The first-order valence-corrected chi connectivity index (χ1v) is 8.01. The Balaban J connectivity index is 1.72. The number of benzene rings is 1. The summed E-state index contributed by atoms with van der Waals surface area (Å²) in [5, 5.41) is 3.68. The van der Waals surface area contributed by atoms with E-state index in [1.807, 2.05) is 18.5 Å². The van der Waals surface area contributed by atoms with E-state index in [-0.39, 0.29) is 0 Å². The zero-order valence-electron chi connectivity index (χ0n) is 13.0.